The number of carbonyl (C=O) groups is 1. The first-order valence-electron chi connectivity index (χ1n) is 6.81. The van der Waals surface area contributed by atoms with Gasteiger partial charge in [-0.05, 0) is 13.3 Å². The van der Waals surface area contributed by atoms with Gasteiger partial charge >= 0.3 is 12.2 Å². The lowest BCUT2D eigenvalue weighted by Gasteiger charge is -2.15. The zero-order valence-electron chi connectivity index (χ0n) is 12.7. The topological polar surface area (TPSA) is 71.8 Å². The number of hydrogen-bond acceptors (Lipinski definition) is 4. The number of alkyl halides is 3. The van der Waals surface area contributed by atoms with Gasteiger partial charge in [0, 0.05) is 18.5 Å². The average molecular weight is 347 g/mol. The number of rotatable bonds is 4. The Morgan fingerprint density at radius 2 is 2.17 bits per heavy atom. The van der Waals surface area contributed by atoms with Gasteiger partial charge < -0.3 is 5.32 Å². The standard InChI is InChI=1S/C13H16F3N5OS/c1-4-8(11-18-9(6-23-11)13(14,15)16)17-12(22)19-10-5-7(2)20-21(10)3/h5-6,8H,4H2,1-3H3,(H2,17,19,22)/t8-/m1/s1. The molecule has 2 aromatic heterocycles. The largest absolute Gasteiger partial charge is 0.434 e. The second kappa shape index (κ2) is 6.57. The third kappa shape index (κ3) is 4.21. The lowest BCUT2D eigenvalue weighted by atomic mass is 10.2. The number of hydrogen-bond donors (Lipinski definition) is 2. The van der Waals surface area contributed by atoms with E-state index < -0.39 is 23.9 Å². The maximum absolute atomic E-state index is 12.6. The minimum atomic E-state index is -4.48. The molecule has 0 saturated heterocycles. The Balaban J connectivity index is 2.05. The molecule has 2 amide bonds. The molecular weight excluding hydrogens is 331 g/mol. The van der Waals surface area contributed by atoms with Gasteiger partial charge in [0.1, 0.15) is 10.8 Å². The predicted molar refractivity (Wildman–Crippen MR) is 80.2 cm³/mol. The molecule has 0 unspecified atom stereocenters. The van der Waals surface area contributed by atoms with E-state index in [2.05, 4.69) is 20.7 Å². The molecule has 2 N–H and O–H groups in total. The molecule has 0 aliphatic heterocycles. The summed E-state index contributed by atoms with van der Waals surface area (Å²) in [6, 6.07) is 0.570. The van der Waals surface area contributed by atoms with E-state index >= 15 is 0 Å². The van der Waals surface area contributed by atoms with E-state index in [1.54, 1.807) is 27.0 Å². The molecule has 0 fully saturated rings. The van der Waals surface area contributed by atoms with Crippen LogP contribution >= 0.6 is 11.3 Å². The molecule has 1 atom stereocenters. The summed E-state index contributed by atoms with van der Waals surface area (Å²) < 4.78 is 39.3. The number of carbonyl (C=O) groups excluding carboxylic acids is 1. The minimum absolute atomic E-state index is 0.219. The third-order valence-corrected chi connectivity index (χ3v) is 4.03. The number of nitrogens with one attached hydrogen (secondary N) is 2. The van der Waals surface area contributed by atoms with Crippen molar-refractivity contribution in [3.63, 3.8) is 0 Å². The smallest absolute Gasteiger partial charge is 0.329 e. The summed E-state index contributed by atoms with van der Waals surface area (Å²) in [4.78, 5) is 15.6. The summed E-state index contributed by atoms with van der Waals surface area (Å²) in [6.07, 6.45) is -4.07. The Morgan fingerprint density at radius 1 is 1.48 bits per heavy atom. The molecular formula is C13H16F3N5OS. The van der Waals surface area contributed by atoms with E-state index in [1.165, 1.54) is 4.68 Å². The fourth-order valence-electron chi connectivity index (χ4n) is 1.95. The molecule has 0 aromatic carbocycles. The second-order valence-electron chi connectivity index (χ2n) is 4.92. The lowest BCUT2D eigenvalue weighted by molar-refractivity contribution is -0.140. The Labute approximate surface area is 134 Å². The van der Waals surface area contributed by atoms with Crippen LogP contribution in [-0.4, -0.2) is 20.8 Å². The SMILES string of the molecule is CC[C@@H](NC(=O)Nc1cc(C)nn1C)c1nc(C(F)(F)F)cs1. The van der Waals surface area contributed by atoms with Gasteiger partial charge in [-0.3, -0.25) is 10.00 Å². The van der Waals surface area contributed by atoms with Crippen molar-refractivity contribution in [2.75, 3.05) is 5.32 Å². The maximum atomic E-state index is 12.6. The first-order valence-corrected chi connectivity index (χ1v) is 7.69. The quantitative estimate of drug-likeness (QED) is 0.889. The number of aromatic nitrogens is 3. The van der Waals surface area contributed by atoms with Gasteiger partial charge in [0.15, 0.2) is 5.69 Å². The van der Waals surface area contributed by atoms with Crippen molar-refractivity contribution in [1.29, 1.82) is 0 Å². The van der Waals surface area contributed by atoms with Crippen molar-refractivity contribution in [2.45, 2.75) is 32.5 Å². The molecule has 0 saturated carbocycles. The van der Waals surface area contributed by atoms with Gasteiger partial charge in [0.2, 0.25) is 0 Å². The van der Waals surface area contributed by atoms with Crippen LogP contribution in [0, 0.1) is 6.92 Å². The van der Waals surface area contributed by atoms with Crippen LogP contribution in [0.25, 0.3) is 0 Å². The highest BCUT2D eigenvalue weighted by Gasteiger charge is 2.34. The summed E-state index contributed by atoms with van der Waals surface area (Å²) in [7, 11) is 1.68. The van der Waals surface area contributed by atoms with Crippen molar-refractivity contribution in [1.82, 2.24) is 20.1 Å². The summed E-state index contributed by atoms with van der Waals surface area (Å²) >= 11 is 0.873. The van der Waals surface area contributed by atoms with Crippen LogP contribution in [0.3, 0.4) is 0 Å². The van der Waals surface area contributed by atoms with Crippen molar-refractivity contribution in [3.8, 4) is 0 Å². The molecule has 2 rings (SSSR count). The first kappa shape index (κ1) is 17.3. The zero-order chi connectivity index (χ0) is 17.2. The Kier molecular flexibility index (Phi) is 4.93. The van der Waals surface area contributed by atoms with Gasteiger partial charge in [-0.2, -0.15) is 18.3 Å². The molecule has 23 heavy (non-hydrogen) atoms. The van der Waals surface area contributed by atoms with Crippen LogP contribution in [0.4, 0.5) is 23.8 Å². The fourth-order valence-corrected chi connectivity index (χ4v) is 2.91. The summed E-state index contributed by atoms with van der Waals surface area (Å²) in [5.74, 6) is 0.491. The molecule has 6 nitrogen and oxygen atoms in total. The number of aryl methyl sites for hydroxylation is 2. The van der Waals surface area contributed by atoms with Crippen LogP contribution in [0.15, 0.2) is 11.4 Å². The van der Waals surface area contributed by atoms with E-state index in [9.17, 15) is 18.0 Å². The van der Waals surface area contributed by atoms with Crippen molar-refractivity contribution in [3.05, 3.63) is 27.8 Å². The Hall–Kier alpha value is -2.10. The highest BCUT2D eigenvalue weighted by atomic mass is 32.1. The van der Waals surface area contributed by atoms with Crippen molar-refractivity contribution in [2.24, 2.45) is 7.05 Å². The highest BCUT2D eigenvalue weighted by Crippen LogP contribution is 2.32. The van der Waals surface area contributed by atoms with E-state index in [0.717, 1.165) is 22.4 Å². The van der Waals surface area contributed by atoms with E-state index in [1.807, 2.05) is 0 Å². The average Bonchev–Trinajstić information content (AvgIpc) is 3.03. The van der Waals surface area contributed by atoms with E-state index in [0.29, 0.717) is 12.2 Å². The predicted octanol–water partition coefficient (Wildman–Crippen LogP) is 3.48. The number of nitrogens with zero attached hydrogens (tertiary/aromatic N) is 3. The molecule has 0 spiro atoms. The minimum Gasteiger partial charge on any atom is -0.329 e. The van der Waals surface area contributed by atoms with Crippen LogP contribution < -0.4 is 10.6 Å². The molecule has 0 bridgehead atoms. The molecule has 10 heteroatoms. The summed E-state index contributed by atoms with van der Waals surface area (Å²) in [5, 5.41) is 10.5. The molecule has 2 aromatic rings. The molecule has 126 valence electrons. The lowest BCUT2D eigenvalue weighted by Crippen LogP contribution is -2.33. The molecule has 0 aliphatic rings. The van der Waals surface area contributed by atoms with Crippen LogP contribution in [0.1, 0.15) is 35.8 Å². The summed E-state index contributed by atoms with van der Waals surface area (Å²) in [6.45, 7) is 3.54. The van der Waals surface area contributed by atoms with Gasteiger partial charge in [0.25, 0.3) is 0 Å². The van der Waals surface area contributed by atoms with Gasteiger partial charge in [0.05, 0.1) is 11.7 Å². The van der Waals surface area contributed by atoms with Gasteiger partial charge in [-0.15, -0.1) is 11.3 Å². The van der Waals surface area contributed by atoms with Crippen LogP contribution in [-0.2, 0) is 13.2 Å². The zero-order valence-corrected chi connectivity index (χ0v) is 13.5. The van der Waals surface area contributed by atoms with Crippen LogP contribution in [0.2, 0.25) is 0 Å². The van der Waals surface area contributed by atoms with Crippen molar-refractivity contribution >= 4 is 23.2 Å². The fraction of sp³-hybridized carbons (Fsp3) is 0.462. The highest BCUT2D eigenvalue weighted by molar-refractivity contribution is 7.09. The van der Waals surface area contributed by atoms with E-state index in [-0.39, 0.29) is 5.01 Å². The molecule has 2 heterocycles. The van der Waals surface area contributed by atoms with Gasteiger partial charge in [-0.25, -0.2) is 9.78 Å². The number of urea groups is 1. The second-order valence-corrected chi connectivity index (χ2v) is 5.81. The van der Waals surface area contributed by atoms with Gasteiger partial charge in [-0.1, -0.05) is 6.92 Å². The number of thiazole rings is 1. The molecule has 0 radical (unpaired) electrons. The first-order chi connectivity index (χ1) is 10.7. The van der Waals surface area contributed by atoms with Crippen molar-refractivity contribution < 1.29 is 18.0 Å². The number of halogens is 3. The van der Waals surface area contributed by atoms with Crippen LogP contribution in [0.5, 0.6) is 0 Å². The number of anilines is 1. The Bertz CT molecular complexity index is 694. The monoisotopic (exact) mass is 347 g/mol. The Morgan fingerprint density at radius 3 is 2.65 bits per heavy atom. The van der Waals surface area contributed by atoms with E-state index in [4.69, 9.17) is 0 Å². The molecule has 0 aliphatic carbocycles. The number of amides is 2. The maximum Gasteiger partial charge on any atom is 0.434 e. The normalized spacial score (nSPS) is 13.0. The third-order valence-electron chi connectivity index (χ3n) is 3.07. The summed E-state index contributed by atoms with van der Waals surface area (Å²) in [5.41, 5.74) is -0.204.